The second kappa shape index (κ2) is 3.65. The molecule has 0 aromatic carbocycles. The van der Waals surface area contributed by atoms with Crippen LogP contribution in [0.3, 0.4) is 0 Å². The molecule has 0 bridgehead atoms. The van der Waals surface area contributed by atoms with Gasteiger partial charge in [0.2, 0.25) is 0 Å². The summed E-state index contributed by atoms with van der Waals surface area (Å²) in [4.78, 5) is 4.13. The lowest BCUT2D eigenvalue weighted by atomic mass is 10.0. The van der Waals surface area contributed by atoms with Crippen molar-refractivity contribution in [2.45, 2.75) is 6.54 Å². The van der Waals surface area contributed by atoms with Gasteiger partial charge in [-0.1, -0.05) is 6.07 Å². The summed E-state index contributed by atoms with van der Waals surface area (Å²) < 4.78 is 0. The first-order valence-electron chi connectivity index (χ1n) is 5.37. The number of thiophene rings is 1. The van der Waals surface area contributed by atoms with Gasteiger partial charge in [-0.25, -0.2) is 0 Å². The topological polar surface area (TPSA) is 15.3 Å². The fourth-order valence-electron chi connectivity index (χ4n) is 2.70. The molecule has 2 aliphatic heterocycles. The maximum atomic E-state index is 3.48. The van der Waals surface area contributed by atoms with Crippen molar-refractivity contribution in [2.24, 2.45) is 11.8 Å². The first kappa shape index (κ1) is 8.89. The largest absolute Gasteiger partial charge is 0.316 e. The standard InChI is InChI=1S/C11H16N2S/c1-2-11(14-3-1)8-13-6-9-4-12-5-10(9)7-13/h1-3,9-10,12H,4-8H2/t9-,10+. The van der Waals surface area contributed by atoms with Crippen molar-refractivity contribution >= 4 is 11.3 Å². The highest BCUT2D eigenvalue weighted by Gasteiger charge is 2.35. The van der Waals surface area contributed by atoms with Crippen LogP contribution in [0.5, 0.6) is 0 Å². The summed E-state index contributed by atoms with van der Waals surface area (Å²) in [5.41, 5.74) is 0. The predicted octanol–water partition coefficient (Wildman–Crippen LogP) is 1.40. The van der Waals surface area contributed by atoms with Crippen molar-refractivity contribution in [1.29, 1.82) is 0 Å². The fraction of sp³-hybridized carbons (Fsp3) is 0.636. The number of fused-ring (bicyclic) bond motifs is 1. The van der Waals surface area contributed by atoms with Gasteiger partial charge in [-0.3, -0.25) is 4.90 Å². The molecule has 0 radical (unpaired) electrons. The van der Waals surface area contributed by atoms with E-state index in [1.807, 2.05) is 11.3 Å². The third-order valence-electron chi connectivity index (χ3n) is 3.42. The molecule has 76 valence electrons. The van der Waals surface area contributed by atoms with Crippen LogP contribution in [-0.2, 0) is 6.54 Å². The van der Waals surface area contributed by atoms with Gasteiger partial charge in [0.05, 0.1) is 0 Å². The number of hydrogen-bond acceptors (Lipinski definition) is 3. The molecule has 0 spiro atoms. The van der Waals surface area contributed by atoms with Crippen LogP contribution >= 0.6 is 11.3 Å². The van der Waals surface area contributed by atoms with Crippen molar-refractivity contribution in [3.8, 4) is 0 Å². The van der Waals surface area contributed by atoms with Crippen LogP contribution in [0.1, 0.15) is 4.88 Å². The molecule has 0 unspecified atom stereocenters. The summed E-state index contributed by atoms with van der Waals surface area (Å²) in [6.45, 7) is 6.26. The highest BCUT2D eigenvalue weighted by Crippen LogP contribution is 2.27. The average molecular weight is 208 g/mol. The average Bonchev–Trinajstić information content (AvgIpc) is 2.78. The lowest BCUT2D eigenvalue weighted by Crippen LogP contribution is -2.24. The normalized spacial score (nSPS) is 32.3. The van der Waals surface area contributed by atoms with Gasteiger partial charge in [0, 0.05) is 24.5 Å². The Bertz CT molecular complexity index is 284. The summed E-state index contributed by atoms with van der Waals surface area (Å²) in [5.74, 6) is 1.85. The maximum Gasteiger partial charge on any atom is 0.0328 e. The molecule has 2 saturated heterocycles. The highest BCUT2D eigenvalue weighted by molar-refractivity contribution is 7.09. The summed E-state index contributed by atoms with van der Waals surface area (Å²) in [6, 6.07) is 4.40. The van der Waals surface area contributed by atoms with E-state index < -0.39 is 0 Å². The molecule has 1 aromatic heterocycles. The second-order valence-electron chi connectivity index (χ2n) is 4.45. The summed E-state index contributed by atoms with van der Waals surface area (Å²) in [5, 5.41) is 5.65. The molecule has 3 heterocycles. The Morgan fingerprint density at radius 2 is 2.14 bits per heavy atom. The molecule has 1 N–H and O–H groups in total. The van der Waals surface area contributed by atoms with Gasteiger partial charge in [-0.2, -0.15) is 0 Å². The van der Waals surface area contributed by atoms with E-state index in [-0.39, 0.29) is 0 Å². The number of nitrogens with zero attached hydrogens (tertiary/aromatic N) is 1. The SMILES string of the molecule is c1csc(CN2C[C@H]3CNC[C@H]3C2)c1. The van der Waals surface area contributed by atoms with E-state index in [4.69, 9.17) is 0 Å². The Morgan fingerprint density at radius 3 is 2.79 bits per heavy atom. The Labute approximate surface area is 88.9 Å². The van der Waals surface area contributed by atoms with Gasteiger partial charge in [0.25, 0.3) is 0 Å². The molecule has 2 aliphatic rings. The number of nitrogens with one attached hydrogen (secondary N) is 1. The van der Waals surface area contributed by atoms with E-state index in [2.05, 4.69) is 27.7 Å². The molecule has 0 amide bonds. The maximum absolute atomic E-state index is 3.48. The fourth-order valence-corrected chi connectivity index (χ4v) is 3.45. The predicted molar refractivity (Wildman–Crippen MR) is 59.4 cm³/mol. The van der Waals surface area contributed by atoms with Crippen LogP contribution in [0.15, 0.2) is 17.5 Å². The van der Waals surface area contributed by atoms with Crippen LogP contribution in [-0.4, -0.2) is 31.1 Å². The zero-order valence-electron chi connectivity index (χ0n) is 8.28. The van der Waals surface area contributed by atoms with Crippen LogP contribution in [0.4, 0.5) is 0 Å². The Morgan fingerprint density at radius 1 is 1.36 bits per heavy atom. The van der Waals surface area contributed by atoms with Gasteiger partial charge < -0.3 is 5.32 Å². The zero-order valence-corrected chi connectivity index (χ0v) is 9.09. The van der Waals surface area contributed by atoms with E-state index in [0.717, 1.165) is 11.8 Å². The van der Waals surface area contributed by atoms with Crippen LogP contribution in [0.2, 0.25) is 0 Å². The minimum atomic E-state index is 0.926. The number of hydrogen-bond donors (Lipinski definition) is 1. The molecule has 0 aliphatic carbocycles. The molecule has 2 atom stereocenters. The molecule has 3 rings (SSSR count). The van der Waals surface area contributed by atoms with Crippen molar-refractivity contribution in [3.63, 3.8) is 0 Å². The molecule has 0 saturated carbocycles. The van der Waals surface area contributed by atoms with Crippen LogP contribution in [0.25, 0.3) is 0 Å². The van der Waals surface area contributed by atoms with Crippen molar-refractivity contribution in [2.75, 3.05) is 26.2 Å². The van der Waals surface area contributed by atoms with Crippen LogP contribution < -0.4 is 5.32 Å². The number of likely N-dealkylation sites (tertiary alicyclic amines) is 1. The van der Waals surface area contributed by atoms with Crippen molar-refractivity contribution in [3.05, 3.63) is 22.4 Å². The van der Waals surface area contributed by atoms with Gasteiger partial charge in [0.15, 0.2) is 0 Å². The van der Waals surface area contributed by atoms with E-state index in [1.54, 1.807) is 0 Å². The summed E-state index contributed by atoms with van der Waals surface area (Å²) in [7, 11) is 0. The molecule has 14 heavy (non-hydrogen) atoms. The summed E-state index contributed by atoms with van der Waals surface area (Å²) >= 11 is 1.88. The third-order valence-corrected chi connectivity index (χ3v) is 4.29. The van der Waals surface area contributed by atoms with Crippen molar-refractivity contribution < 1.29 is 0 Å². The minimum absolute atomic E-state index is 0.926. The highest BCUT2D eigenvalue weighted by atomic mass is 32.1. The first-order chi connectivity index (χ1) is 6.92. The van der Waals surface area contributed by atoms with Gasteiger partial charge in [0.1, 0.15) is 0 Å². The molecule has 2 nitrogen and oxygen atoms in total. The van der Waals surface area contributed by atoms with Gasteiger partial charge in [-0.15, -0.1) is 11.3 Å². The van der Waals surface area contributed by atoms with Crippen LogP contribution in [0, 0.1) is 11.8 Å². The molecular formula is C11H16N2S. The lowest BCUT2D eigenvalue weighted by Gasteiger charge is -2.15. The van der Waals surface area contributed by atoms with Gasteiger partial charge >= 0.3 is 0 Å². The molecule has 3 heteroatoms. The lowest BCUT2D eigenvalue weighted by molar-refractivity contribution is 0.308. The number of rotatable bonds is 2. The molecular weight excluding hydrogens is 192 g/mol. The second-order valence-corrected chi connectivity index (χ2v) is 5.48. The third kappa shape index (κ3) is 1.60. The van der Waals surface area contributed by atoms with E-state index >= 15 is 0 Å². The van der Waals surface area contributed by atoms with Crippen molar-refractivity contribution in [1.82, 2.24) is 10.2 Å². The quantitative estimate of drug-likeness (QED) is 0.790. The Kier molecular flexibility index (Phi) is 2.32. The Balaban J connectivity index is 1.61. The van der Waals surface area contributed by atoms with E-state index in [0.29, 0.717) is 0 Å². The summed E-state index contributed by atoms with van der Waals surface area (Å²) in [6.07, 6.45) is 0. The zero-order chi connectivity index (χ0) is 9.38. The monoisotopic (exact) mass is 208 g/mol. The molecule has 1 aromatic rings. The molecule has 2 fully saturated rings. The first-order valence-corrected chi connectivity index (χ1v) is 6.25. The minimum Gasteiger partial charge on any atom is -0.316 e. The van der Waals surface area contributed by atoms with E-state index in [9.17, 15) is 0 Å². The van der Waals surface area contributed by atoms with E-state index in [1.165, 1.54) is 37.6 Å². The Hall–Kier alpha value is -0.380. The smallest absolute Gasteiger partial charge is 0.0328 e. The van der Waals surface area contributed by atoms with Gasteiger partial charge in [-0.05, 0) is 36.4 Å².